The summed E-state index contributed by atoms with van der Waals surface area (Å²) in [5, 5.41) is 6.74. The summed E-state index contributed by atoms with van der Waals surface area (Å²) < 4.78 is 1.82. The molecule has 3 N–H and O–H groups in total. The quantitative estimate of drug-likeness (QED) is 0.556. The van der Waals surface area contributed by atoms with Gasteiger partial charge in [0, 0.05) is 19.3 Å². The van der Waals surface area contributed by atoms with Crippen molar-refractivity contribution in [1.82, 2.24) is 15.2 Å². The summed E-state index contributed by atoms with van der Waals surface area (Å²) in [5.74, 6) is 5.71. The number of rotatable bonds is 5. The van der Waals surface area contributed by atoms with Gasteiger partial charge in [-0.1, -0.05) is 42.5 Å². The van der Waals surface area contributed by atoms with E-state index in [0.29, 0.717) is 0 Å². The number of aryl methyl sites for hydroxylation is 1. The van der Waals surface area contributed by atoms with E-state index < -0.39 is 0 Å². The van der Waals surface area contributed by atoms with Crippen LogP contribution in [0.1, 0.15) is 11.1 Å². The van der Waals surface area contributed by atoms with Crippen LogP contribution in [0, 0.1) is 0 Å². The van der Waals surface area contributed by atoms with Gasteiger partial charge in [0.15, 0.2) is 0 Å². The Morgan fingerprint density at radius 1 is 1.10 bits per heavy atom. The number of nitrogens with one attached hydrogen (secondary N) is 1. The van der Waals surface area contributed by atoms with Crippen molar-refractivity contribution in [2.24, 2.45) is 12.9 Å². The smallest absolute Gasteiger partial charge is 0.0522 e. The van der Waals surface area contributed by atoms with Crippen LogP contribution in [0.3, 0.4) is 0 Å². The van der Waals surface area contributed by atoms with Gasteiger partial charge in [0.1, 0.15) is 0 Å². The SMILES string of the molecule is Cn1cc(CC(Cc2ccc3ccccc3c2)NN)cn1. The topological polar surface area (TPSA) is 55.9 Å². The first-order valence-corrected chi connectivity index (χ1v) is 7.16. The number of nitrogens with two attached hydrogens (primary N) is 1. The monoisotopic (exact) mass is 280 g/mol. The van der Waals surface area contributed by atoms with Gasteiger partial charge in [0.2, 0.25) is 0 Å². The highest BCUT2D eigenvalue weighted by atomic mass is 15.2. The fourth-order valence-corrected chi connectivity index (χ4v) is 2.70. The van der Waals surface area contributed by atoms with Crippen molar-refractivity contribution >= 4 is 10.8 Å². The zero-order valence-electron chi connectivity index (χ0n) is 12.2. The number of aromatic nitrogens is 2. The van der Waals surface area contributed by atoms with Crippen molar-refractivity contribution < 1.29 is 0 Å². The van der Waals surface area contributed by atoms with Crippen LogP contribution in [0.5, 0.6) is 0 Å². The molecular weight excluding hydrogens is 260 g/mol. The zero-order valence-corrected chi connectivity index (χ0v) is 12.2. The second kappa shape index (κ2) is 6.08. The maximum atomic E-state index is 5.71. The summed E-state index contributed by atoms with van der Waals surface area (Å²) >= 11 is 0. The van der Waals surface area contributed by atoms with E-state index in [1.165, 1.54) is 21.9 Å². The Kier molecular flexibility index (Phi) is 3.99. The molecule has 1 atom stereocenters. The highest BCUT2D eigenvalue weighted by Gasteiger charge is 2.10. The van der Waals surface area contributed by atoms with Gasteiger partial charge in [-0.05, 0) is 34.7 Å². The number of hydrogen-bond acceptors (Lipinski definition) is 3. The average molecular weight is 280 g/mol. The predicted molar refractivity (Wildman–Crippen MR) is 85.7 cm³/mol. The third-order valence-corrected chi connectivity index (χ3v) is 3.77. The molecule has 1 unspecified atom stereocenters. The third-order valence-electron chi connectivity index (χ3n) is 3.77. The lowest BCUT2D eigenvalue weighted by molar-refractivity contribution is 0.522. The average Bonchev–Trinajstić information content (AvgIpc) is 2.91. The van der Waals surface area contributed by atoms with E-state index in [4.69, 9.17) is 5.84 Å². The minimum absolute atomic E-state index is 0.204. The molecule has 1 aromatic heterocycles. The van der Waals surface area contributed by atoms with E-state index >= 15 is 0 Å². The molecule has 1 heterocycles. The highest BCUT2D eigenvalue weighted by Crippen LogP contribution is 2.17. The van der Waals surface area contributed by atoms with E-state index in [1.54, 1.807) is 0 Å². The molecule has 0 fully saturated rings. The first kappa shape index (κ1) is 13.8. The van der Waals surface area contributed by atoms with Gasteiger partial charge in [-0.15, -0.1) is 0 Å². The Bertz CT molecular complexity index is 732. The van der Waals surface area contributed by atoms with Crippen molar-refractivity contribution in [2.75, 3.05) is 0 Å². The summed E-state index contributed by atoms with van der Waals surface area (Å²) in [6.07, 6.45) is 5.70. The fourth-order valence-electron chi connectivity index (χ4n) is 2.70. The molecule has 4 heteroatoms. The molecule has 0 aliphatic carbocycles. The molecule has 108 valence electrons. The third kappa shape index (κ3) is 3.29. The molecule has 4 nitrogen and oxygen atoms in total. The van der Waals surface area contributed by atoms with Gasteiger partial charge in [-0.25, -0.2) is 0 Å². The fraction of sp³-hybridized carbons (Fsp3) is 0.235. The molecule has 2 aromatic carbocycles. The van der Waals surface area contributed by atoms with Crippen LogP contribution in [-0.4, -0.2) is 15.8 Å². The lowest BCUT2D eigenvalue weighted by Crippen LogP contribution is -2.38. The second-order valence-electron chi connectivity index (χ2n) is 5.48. The van der Waals surface area contributed by atoms with Crippen LogP contribution in [0.4, 0.5) is 0 Å². The van der Waals surface area contributed by atoms with Crippen LogP contribution in [0.15, 0.2) is 54.9 Å². The van der Waals surface area contributed by atoms with E-state index in [2.05, 4.69) is 53.0 Å². The van der Waals surface area contributed by atoms with Gasteiger partial charge in [0.25, 0.3) is 0 Å². The Morgan fingerprint density at radius 2 is 1.86 bits per heavy atom. The molecule has 21 heavy (non-hydrogen) atoms. The summed E-state index contributed by atoms with van der Waals surface area (Å²) in [6.45, 7) is 0. The Hall–Kier alpha value is -2.17. The van der Waals surface area contributed by atoms with Crippen LogP contribution < -0.4 is 11.3 Å². The first-order valence-electron chi connectivity index (χ1n) is 7.16. The molecule has 3 rings (SSSR count). The molecule has 0 bridgehead atoms. The normalized spacial score (nSPS) is 12.7. The van der Waals surface area contributed by atoms with Gasteiger partial charge in [0.05, 0.1) is 6.20 Å². The molecule has 0 saturated heterocycles. The Balaban J connectivity index is 1.75. The largest absolute Gasteiger partial charge is 0.276 e. The van der Waals surface area contributed by atoms with Crippen molar-refractivity contribution in [3.8, 4) is 0 Å². The van der Waals surface area contributed by atoms with Crippen LogP contribution in [-0.2, 0) is 19.9 Å². The zero-order chi connectivity index (χ0) is 14.7. The summed E-state index contributed by atoms with van der Waals surface area (Å²) in [6, 6.07) is 15.2. The van der Waals surface area contributed by atoms with Crippen LogP contribution in [0.2, 0.25) is 0 Å². The van der Waals surface area contributed by atoms with Crippen molar-refractivity contribution in [1.29, 1.82) is 0 Å². The van der Waals surface area contributed by atoms with Crippen molar-refractivity contribution in [2.45, 2.75) is 18.9 Å². The highest BCUT2D eigenvalue weighted by molar-refractivity contribution is 5.82. The molecule has 0 aliphatic heterocycles. The number of fused-ring (bicyclic) bond motifs is 1. The van der Waals surface area contributed by atoms with E-state index in [0.717, 1.165) is 12.8 Å². The molecule has 0 aliphatic rings. The predicted octanol–water partition coefficient (Wildman–Crippen LogP) is 2.19. The van der Waals surface area contributed by atoms with E-state index in [9.17, 15) is 0 Å². The number of benzene rings is 2. The van der Waals surface area contributed by atoms with Crippen LogP contribution >= 0.6 is 0 Å². The Morgan fingerprint density at radius 3 is 2.57 bits per heavy atom. The summed E-state index contributed by atoms with van der Waals surface area (Å²) in [5.41, 5.74) is 5.41. The van der Waals surface area contributed by atoms with E-state index in [-0.39, 0.29) is 6.04 Å². The minimum Gasteiger partial charge on any atom is -0.276 e. The van der Waals surface area contributed by atoms with E-state index in [1.807, 2.05) is 24.1 Å². The standard InChI is InChI=1S/C17H20N4/c1-21-12-14(11-19-21)10-17(20-18)9-13-6-7-15-4-2-3-5-16(15)8-13/h2-8,11-12,17,20H,9-10,18H2,1H3. The van der Waals surface area contributed by atoms with Crippen LogP contribution in [0.25, 0.3) is 10.8 Å². The molecule has 3 aromatic rings. The van der Waals surface area contributed by atoms with Gasteiger partial charge in [-0.2, -0.15) is 5.10 Å². The number of hydrogen-bond donors (Lipinski definition) is 2. The van der Waals surface area contributed by atoms with Gasteiger partial charge in [-0.3, -0.25) is 16.0 Å². The maximum absolute atomic E-state index is 5.71. The molecule has 0 radical (unpaired) electrons. The van der Waals surface area contributed by atoms with Crippen molar-refractivity contribution in [3.05, 3.63) is 66.0 Å². The first-order chi connectivity index (χ1) is 10.2. The molecule has 0 saturated carbocycles. The summed E-state index contributed by atoms with van der Waals surface area (Å²) in [7, 11) is 1.93. The van der Waals surface area contributed by atoms with Gasteiger partial charge >= 0.3 is 0 Å². The Labute approximate surface area is 124 Å². The lowest BCUT2D eigenvalue weighted by atomic mass is 9.99. The molecular formula is C17H20N4. The van der Waals surface area contributed by atoms with Gasteiger partial charge < -0.3 is 0 Å². The lowest BCUT2D eigenvalue weighted by Gasteiger charge is -2.15. The second-order valence-corrected chi connectivity index (χ2v) is 5.48. The molecule has 0 amide bonds. The maximum Gasteiger partial charge on any atom is 0.0522 e. The summed E-state index contributed by atoms with van der Waals surface area (Å²) in [4.78, 5) is 0. The van der Waals surface area contributed by atoms with Crippen molar-refractivity contribution in [3.63, 3.8) is 0 Å². The minimum atomic E-state index is 0.204. The molecule has 0 spiro atoms. The number of nitrogens with zero attached hydrogens (tertiary/aromatic N) is 2. The number of hydrazine groups is 1.